The van der Waals surface area contributed by atoms with Gasteiger partial charge in [0.25, 0.3) is 0 Å². The van der Waals surface area contributed by atoms with Crippen molar-refractivity contribution in [3.8, 4) is 5.82 Å². The minimum Gasteiger partial charge on any atom is -0.476 e. The van der Waals surface area contributed by atoms with E-state index in [2.05, 4.69) is 15.1 Å². The highest BCUT2D eigenvalue weighted by atomic mass is 16.4. The number of nitrogens with zero attached hydrogens (tertiary/aromatic N) is 4. The van der Waals surface area contributed by atoms with Gasteiger partial charge in [-0.2, -0.15) is 5.10 Å². The number of para-hydroxylation sites is 1. The largest absolute Gasteiger partial charge is 0.476 e. The van der Waals surface area contributed by atoms with Gasteiger partial charge in [0.2, 0.25) is 0 Å². The van der Waals surface area contributed by atoms with E-state index in [-0.39, 0.29) is 5.69 Å². The lowest BCUT2D eigenvalue weighted by atomic mass is 10.2. The summed E-state index contributed by atoms with van der Waals surface area (Å²) < 4.78 is 1.44. The van der Waals surface area contributed by atoms with Crippen molar-refractivity contribution in [3.05, 3.63) is 48.5 Å². The fraction of sp³-hybridized carbons (Fsp3) is 0. The third kappa shape index (κ3) is 1.60. The van der Waals surface area contributed by atoms with E-state index < -0.39 is 5.97 Å². The normalized spacial score (nSPS) is 10.7. The van der Waals surface area contributed by atoms with Crippen molar-refractivity contribution < 1.29 is 9.90 Å². The number of rotatable bonds is 2. The summed E-state index contributed by atoms with van der Waals surface area (Å²) in [5.41, 5.74) is 0.771. The van der Waals surface area contributed by atoms with Crippen LogP contribution in [0.25, 0.3) is 16.7 Å². The first-order valence-corrected chi connectivity index (χ1v) is 5.25. The Bertz CT molecular complexity index is 730. The molecule has 0 spiro atoms. The Morgan fingerprint density at radius 3 is 2.78 bits per heavy atom. The number of fused-ring (bicyclic) bond motifs is 1. The van der Waals surface area contributed by atoms with Crippen LogP contribution in [0.5, 0.6) is 0 Å². The van der Waals surface area contributed by atoms with E-state index in [1.165, 1.54) is 17.1 Å². The number of carboxylic acid groups (broad SMARTS) is 1. The van der Waals surface area contributed by atoms with Gasteiger partial charge in [-0.15, -0.1) is 0 Å². The molecular weight excluding hydrogens is 232 g/mol. The van der Waals surface area contributed by atoms with Crippen molar-refractivity contribution in [2.24, 2.45) is 0 Å². The summed E-state index contributed by atoms with van der Waals surface area (Å²) in [7, 11) is 0. The molecule has 1 aromatic carbocycles. The van der Waals surface area contributed by atoms with Crippen LogP contribution in [0.3, 0.4) is 0 Å². The van der Waals surface area contributed by atoms with E-state index in [4.69, 9.17) is 5.11 Å². The van der Waals surface area contributed by atoms with Gasteiger partial charge in [-0.1, -0.05) is 12.1 Å². The highest BCUT2D eigenvalue weighted by Gasteiger charge is 2.10. The van der Waals surface area contributed by atoms with Crippen molar-refractivity contribution >= 4 is 16.9 Å². The molecule has 18 heavy (non-hydrogen) atoms. The minimum atomic E-state index is -1.06. The Labute approximate surface area is 102 Å². The summed E-state index contributed by atoms with van der Waals surface area (Å²) in [6.45, 7) is 0. The van der Waals surface area contributed by atoms with Gasteiger partial charge >= 0.3 is 5.97 Å². The van der Waals surface area contributed by atoms with E-state index >= 15 is 0 Å². The maximum Gasteiger partial charge on any atom is 0.356 e. The van der Waals surface area contributed by atoms with Crippen molar-refractivity contribution in [1.82, 2.24) is 19.7 Å². The van der Waals surface area contributed by atoms with Gasteiger partial charge in [-0.3, -0.25) is 0 Å². The average Bonchev–Trinajstić information content (AvgIpc) is 2.87. The van der Waals surface area contributed by atoms with Gasteiger partial charge in [-0.05, 0) is 18.2 Å². The van der Waals surface area contributed by atoms with E-state index in [1.807, 2.05) is 24.3 Å². The predicted molar refractivity (Wildman–Crippen MR) is 63.6 cm³/mol. The van der Waals surface area contributed by atoms with E-state index in [0.717, 1.165) is 10.9 Å². The zero-order valence-electron chi connectivity index (χ0n) is 9.19. The SMILES string of the molecule is O=C(O)c1ccn(-c2ncnc3ccccc23)n1. The quantitative estimate of drug-likeness (QED) is 0.734. The van der Waals surface area contributed by atoms with Gasteiger partial charge in [0.1, 0.15) is 6.33 Å². The van der Waals surface area contributed by atoms with Gasteiger partial charge in [0.05, 0.1) is 5.52 Å². The molecule has 1 N–H and O–H groups in total. The van der Waals surface area contributed by atoms with Crippen LogP contribution in [-0.2, 0) is 0 Å². The van der Waals surface area contributed by atoms with Crippen molar-refractivity contribution in [1.29, 1.82) is 0 Å². The first kappa shape index (κ1) is 10.4. The lowest BCUT2D eigenvalue weighted by Gasteiger charge is -2.03. The second-order valence-corrected chi connectivity index (χ2v) is 3.67. The molecular formula is C12H8N4O2. The highest BCUT2D eigenvalue weighted by molar-refractivity contribution is 5.86. The number of benzene rings is 1. The summed E-state index contributed by atoms with van der Waals surface area (Å²) in [6.07, 6.45) is 3.00. The molecule has 0 bridgehead atoms. The van der Waals surface area contributed by atoms with Gasteiger partial charge < -0.3 is 5.11 Å². The molecule has 88 valence electrons. The van der Waals surface area contributed by atoms with Crippen LogP contribution in [0.2, 0.25) is 0 Å². The number of aromatic nitrogens is 4. The van der Waals surface area contributed by atoms with Gasteiger partial charge in [-0.25, -0.2) is 19.4 Å². The molecule has 0 aliphatic heterocycles. The molecule has 3 rings (SSSR count). The topological polar surface area (TPSA) is 80.9 Å². The Balaban J connectivity index is 2.21. The number of carboxylic acids is 1. The van der Waals surface area contributed by atoms with Crippen LogP contribution >= 0.6 is 0 Å². The summed E-state index contributed by atoms with van der Waals surface area (Å²) in [5, 5.41) is 13.6. The van der Waals surface area contributed by atoms with Crippen molar-refractivity contribution in [2.45, 2.75) is 0 Å². The zero-order chi connectivity index (χ0) is 12.5. The van der Waals surface area contributed by atoms with E-state index in [9.17, 15) is 4.79 Å². The lowest BCUT2D eigenvalue weighted by Crippen LogP contribution is -2.03. The summed E-state index contributed by atoms with van der Waals surface area (Å²) in [4.78, 5) is 19.1. The second kappa shape index (κ2) is 3.92. The number of hydrogen-bond donors (Lipinski definition) is 1. The molecule has 0 aliphatic carbocycles. The maximum atomic E-state index is 10.8. The van der Waals surface area contributed by atoms with Crippen LogP contribution in [-0.4, -0.2) is 30.8 Å². The molecule has 0 saturated heterocycles. The first-order valence-electron chi connectivity index (χ1n) is 5.25. The van der Waals surface area contributed by atoms with E-state index in [1.54, 1.807) is 6.20 Å². The Morgan fingerprint density at radius 1 is 1.17 bits per heavy atom. The Hall–Kier alpha value is -2.76. The summed E-state index contributed by atoms with van der Waals surface area (Å²) in [5.74, 6) is -0.500. The Kier molecular flexibility index (Phi) is 2.26. The molecule has 6 nitrogen and oxygen atoms in total. The third-order valence-electron chi connectivity index (χ3n) is 2.55. The van der Waals surface area contributed by atoms with Gasteiger partial charge in [0.15, 0.2) is 11.5 Å². The smallest absolute Gasteiger partial charge is 0.356 e. The fourth-order valence-corrected chi connectivity index (χ4v) is 1.73. The lowest BCUT2D eigenvalue weighted by molar-refractivity contribution is 0.0690. The number of carbonyl (C=O) groups is 1. The molecule has 0 unspecified atom stereocenters. The highest BCUT2D eigenvalue weighted by Crippen LogP contribution is 2.17. The van der Waals surface area contributed by atoms with Crippen LogP contribution in [0.15, 0.2) is 42.9 Å². The van der Waals surface area contributed by atoms with Crippen LogP contribution in [0.1, 0.15) is 10.5 Å². The monoisotopic (exact) mass is 240 g/mol. The third-order valence-corrected chi connectivity index (χ3v) is 2.55. The summed E-state index contributed by atoms with van der Waals surface area (Å²) in [6, 6.07) is 8.91. The number of aromatic carboxylic acids is 1. The van der Waals surface area contributed by atoms with Crippen LogP contribution in [0.4, 0.5) is 0 Å². The predicted octanol–water partition coefficient (Wildman–Crippen LogP) is 1.51. The standard InChI is InChI=1S/C12H8N4O2/c17-12(18)10-5-6-16(15-10)11-8-3-1-2-4-9(8)13-7-14-11/h1-7H,(H,17,18). The number of hydrogen-bond acceptors (Lipinski definition) is 4. The van der Waals surface area contributed by atoms with Gasteiger partial charge in [0, 0.05) is 11.6 Å². The van der Waals surface area contributed by atoms with Crippen molar-refractivity contribution in [3.63, 3.8) is 0 Å². The molecule has 0 aliphatic rings. The van der Waals surface area contributed by atoms with Crippen LogP contribution in [0, 0.1) is 0 Å². The van der Waals surface area contributed by atoms with Crippen LogP contribution < -0.4 is 0 Å². The Morgan fingerprint density at radius 2 is 2.00 bits per heavy atom. The zero-order valence-corrected chi connectivity index (χ0v) is 9.19. The first-order chi connectivity index (χ1) is 8.75. The molecule has 0 amide bonds. The molecule has 2 heterocycles. The molecule has 0 atom stereocenters. The summed E-state index contributed by atoms with van der Waals surface area (Å²) >= 11 is 0. The molecule has 6 heteroatoms. The molecule has 3 aromatic rings. The van der Waals surface area contributed by atoms with Crippen molar-refractivity contribution in [2.75, 3.05) is 0 Å². The molecule has 2 aromatic heterocycles. The van der Waals surface area contributed by atoms with E-state index in [0.29, 0.717) is 5.82 Å². The molecule has 0 fully saturated rings. The average molecular weight is 240 g/mol. The minimum absolute atomic E-state index is 0.0160. The fourth-order valence-electron chi connectivity index (χ4n) is 1.73. The molecule has 0 radical (unpaired) electrons. The molecule has 0 saturated carbocycles. The second-order valence-electron chi connectivity index (χ2n) is 3.67. The maximum absolute atomic E-state index is 10.8.